The maximum atomic E-state index is 11.2. The Morgan fingerprint density at radius 2 is 2.00 bits per heavy atom. The van der Waals surface area contributed by atoms with Gasteiger partial charge in [0.05, 0.1) is 5.69 Å². The summed E-state index contributed by atoms with van der Waals surface area (Å²) in [5.41, 5.74) is 0.617. The summed E-state index contributed by atoms with van der Waals surface area (Å²) in [5.74, 6) is -0.261. The standard InChI is InChI=1S/C10H8N2OS/c1-8(13)12(10(14)7-11)9-5-3-2-4-6-9/h2-6H,1H3. The van der Waals surface area contributed by atoms with Gasteiger partial charge in [0.25, 0.3) is 0 Å². The van der Waals surface area contributed by atoms with E-state index in [4.69, 9.17) is 17.5 Å². The van der Waals surface area contributed by atoms with E-state index in [1.54, 1.807) is 30.3 Å². The summed E-state index contributed by atoms with van der Waals surface area (Å²) < 4.78 is 0. The number of thiocarbonyl (C=S) groups is 1. The van der Waals surface area contributed by atoms with Gasteiger partial charge < -0.3 is 0 Å². The largest absolute Gasteiger partial charge is 0.274 e. The number of rotatable bonds is 1. The van der Waals surface area contributed by atoms with E-state index in [9.17, 15) is 4.79 Å². The third-order valence-electron chi connectivity index (χ3n) is 1.63. The number of nitriles is 1. The lowest BCUT2D eigenvalue weighted by Crippen LogP contribution is -2.32. The van der Waals surface area contributed by atoms with Crippen LogP contribution in [-0.2, 0) is 4.79 Å². The Bertz CT molecular complexity index is 394. The summed E-state index contributed by atoms with van der Waals surface area (Å²) in [6.07, 6.45) is 0. The van der Waals surface area contributed by atoms with Gasteiger partial charge in [-0.25, -0.2) is 0 Å². The van der Waals surface area contributed by atoms with Crippen LogP contribution in [0, 0.1) is 11.3 Å². The molecule has 14 heavy (non-hydrogen) atoms. The molecule has 0 aliphatic carbocycles. The third-order valence-corrected chi connectivity index (χ3v) is 1.90. The smallest absolute Gasteiger partial charge is 0.229 e. The van der Waals surface area contributed by atoms with Gasteiger partial charge in [-0.15, -0.1) is 0 Å². The molecule has 0 saturated carbocycles. The molecule has 0 aliphatic rings. The fourth-order valence-corrected chi connectivity index (χ4v) is 1.30. The number of benzene rings is 1. The van der Waals surface area contributed by atoms with E-state index in [0.717, 1.165) is 0 Å². The topological polar surface area (TPSA) is 44.1 Å². The van der Waals surface area contributed by atoms with Crippen LogP contribution in [0.2, 0.25) is 0 Å². The van der Waals surface area contributed by atoms with Crippen molar-refractivity contribution in [2.75, 3.05) is 4.90 Å². The highest BCUT2D eigenvalue weighted by molar-refractivity contribution is 7.81. The first-order valence-electron chi connectivity index (χ1n) is 3.96. The maximum absolute atomic E-state index is 11.2. The van der Waals surface area contributed by atoms with Crippen molar-refractivity contribution < 1.29 is 4.79 Å². The second-order valence-corrected chi connectivity index (χ2v) is 2.99. The molecule has 0 saturated heterocycles. The number of para-hydroxylation sites is 1. The highest BCUT2D eigenvalue weighted by atomic mass is 32.1. The zero-order valence-corrected chi connectivity index (χ0v) is 8.41. The van der Waals surface area contributed by atoms with Gasteiger partial charge in [-0.2, -0.15) is 5.26 Å². The Morgan fingerprint density at radius 1 is 1.43 bits per heavy atom. The van der Waals surface area contributed by atoms with Crippen molar-refractivity contribution in [3.8, 4) is 6.07 Å². The summed E-state index contributed by atoms with van der Waals surface area (Å²) in [6.45, 7) is 1.37. The second-order valence-electron chi connectivity index (χ2n) is 2.61. The SMILES string of the molecule is CC(=O)N(C(=S)C#N)c1ccccc1. The zero-order chi connectivity index (χ0) is 10.6. The van der Waals surface area contributed by atoms with Crippen LogP contribution in [0.15, 0.2) is 30.3 Å². The van der Waals surface area contributed by atoms with E-state index < -0.39 is 0 Å². The van der Waals surface area contributed by atoms with E-state index in [2.05, 4.69) is 0 Å². The monoisotopic (exact) mass is 204 g/mol. The molecule has 0 fully saturated rings. The van der Waals surface area contributed by atoms with Crippen molar-refractivity contribution >= 4 is 28.8 Å². The van der Waals surface area contributed by atoms with Crippen molar-refractivity contribution in [1.82, 2.24) is 0 Å². The predicted molar refractivity (Wildman–Crippen MR) is 57.8 cm³/mol. The van der Waals surface area contributed by atoms with Gasteiger partial charge in [0.1, 0.15) is 6.07 Å². The summed E-state index contributed by atoms with van der Waals surface area (Å²) in [7, 11) is 0. The average Bonchev–Trinajstić information content (AvgIpc) is 2.19. The highest BCUT2D eigenvalue weighted by Gasteiger charge is 2.15. The number of nitrogens with zero attached hydrogens (tertiary/aromatic N) is 2. The molecule has 3 nitrogen and oxygen atoms in total. The average molecular weight is 204 g/mol. The van der Waals surface area contributed by atoms with Gasteiger partial charge in [0, 0.05) is 6.92 Å². The number of amides is 1. The Balaban J connectivity index is 3.09. The first kappa shape index (κ1) is 10.4. The summed E-state index contributed by atoms with van der Waals surface area (Å²) in [5, 5.41) is 8.63. The molecule has 70 valence electrons. The molecular weight excluding hydrogens is 196 g/mol. The zero-order valence-electron chi connectivity index (χ0n) is 7.60. The molecular formula is C10H8N2OS. The molecule has 0 radical (unpaired) electrons. The Kier molecular flexibility index (Phi) is 3.32. The first-order valence-corrected chi connectivity index (χ1v) is 4.37. The van der Waals surface area contributed by atoms with Crippen LogP contribution >= 0.6 is 12.2 Å². The Morgan fingerprint density at radius 3 is 2.43 bits per heavy atom. The van der Waals surface area contributed by atoms with Crippen molar-refractivity contribution in [2.24, 2.45) is 0 Å². The van der Waals surface area contributed by atoms with Crippen LogP contribution in [0.25, 0.3) is 0 Å². The minimum Gasteiger partial charge on any atom is -0.274 e. The van der Waals surface area contributed by atoms with E-state index in [-0.39, 0.29) is 10.9 Å². The fraction of sp³-hybridized carbons (Fsp3) is 0.100. The number of carbonyl (C=O) groups is 1. The van der Waals surface area contributed by atoms with Crippen LogP contribution in [0.5, 0.6) is 0 Å². The van der Waals surface area contributed by atoms with Gasteiger partial charge in [-0.1, -0.05) is 18.2 Å². The fourth-order valence-electron chi connectivity index (χ4n) is 1.07. The van der Waals surface area contributed by atoms with Gasteiger partial charge in [-0.3, -0.25) is 9.69 Å². The van der Waals surface area contributed by atoms with Crippen LogP contribution < -0.4 is 4.90 Å². The van der Waals surface area contributed by atoms with Gasteiger partial charge >= 0.3 is 0 Å². The molecule has 0 unspecified atom stereocenters. The van der Waals surface area contributed by atoms with Crippen LogP contribution in [-0.4, -0.2) is 10.9 Å². The lowest BCUT2D eigenvalue weighted by atomic mass is 10.3. The summed E-state index contributed by atoms with van der Waals surface area (Å²) in [6, 6.07) is 10.6. The number of anilines is 1. The highest BCUT2D eigenvalue weighted by Crippen LogP contribution is 2.13. The Labute approximate surface area is 87.6 Å². The van der Waals surface area contributed by atoms with E-state index in [0.29, 0.717) is 5.69 Å². The van der Waals surface area contributed by atoms with Crippen LogP contribution in [0.3, 0.4) is 0 Å². The molecule has 0 spiro atoms. The van der Waals surface area contributed by atoms with E-state index in [1.807, 2.05) is 6.07 Å². The van der Waals surface area contributed by atoms with Crippen molar-refractivity contribution in [1.29, 1.82) is 5.26 Å². The van der Waals surface area contributed by atoms with Crippen LogP contribution in [0.1, 0.15) is 6.92 Å². The number of hydrogen-bond donors (Lipinski definition) is 0. The molecule has 0 aliphatic heterocycles. The summed E-state index contributed by atoms with van der Waals surface area (Å²) >= 11 is 4.78. The molecule has 1 aromatic rings. The molecule has 4 heteroatoms. The second kappa shape index (κ2) is 4.49. The molecule has 0 heterocycles. The molecule has 0 aromatic heterocycles. The van der Waals surface area contributed by atoms with E-state index >= 15 is 0 Å². The lowest BCUT2D eigenvalue weighted by molar-refractivity contribution is -0.115. The quantitative estimate of drug-likeness (QED) is 0.656. The molecule has 0 bridgehead atoms. The molecule has 1 amide bonds. The molecule has 0 N–H and O–H groups in total. The summed E-state index contributed by atoms with van der Waals surface area (Å²) in [4.78, 5) is 12.4. The predicted octanol–water partition coefficient (Wildman–Crippen LogP) is 1.89. The molecule has 1 aromatic carbocycles. The minimum atomic E-state index is -0.261. The normalized spacial score (nSPS) is 8.86. The van der Waals surface area contributed by atoms with Crippen LogP contribution in [0.4, 0.5) is 5.69 Å². The van der Waals surface area contributed by atoms with Crippen molar-refractivity contribution in [3.63, 3.8) is 0 Å². The first-order chi connectivity index (χ1) is 6.66. The number of hydrogen-bond acceptors (Lipinski definition) is 3. The number of carbonyl (C=O) groups excluding carboxylic acids is 1. The van der Waals surface area contributed by atoms with Crippen molar-refractivity contribution in [2.45, 2.75) is 6.92 Å². The lowest BCUT2D eigenvalue weighted by Gasteiger charge is -2.17. The van der Waals surface area contributed by atoms with Crippen molar-refractivity contribution in [3.05, 3.63) is 30.3 Å². The molecule has 1 rings (SSSR count). The van der Waals surface area contributed by atoms with E-state index in [1.165, 1.54) is 11.8 Å². The van der Waals surface area contributed by atoms with Gasteiger partial charge in [0.2, 0.25) is 5.91 Å². The Hall–Kier alpha value is -1.73. The minimum absolute atomic E-state index is 0.0382. The third kappa shape index (κ3) is 2.15. The van der Waals surface area contributed by atoms with Gasteiger partial charge in [0.15, 0.2) is 4.99 Å². The molecule has 0 atom stereocenters. The maximum Gasteiger partial charge on any atom is 0.229 e. The van der Waals surface area contributed by atoms with Gasteiger partial charge in [-0.05, 0) is 24.4 Å².